The third kappa shape index (κ3) is 3.77. The first-order valence-corrected chi connectivity index (χ1v) is 7.71. The standard InChI is InChI=1S/C14H24N2OS/c1-4-15-9-12-5-7-17-13(12)10-16-6-8-18-14(2,3)11-16/h5,7,15H,4,6,8-11H2,1-3H3. The van der Waals surface area contributed by atoms with E-state index in [9.17, 15) is 0 Å². The summed E-state index contributed by atoms with van der Waals surface area (Å²) < 4.78 is 6.01. The van der Waals surface area contributed by atoms with Crippen molar-refractivity contribution in [2.24, 2.45) is 0 Å². The van der Waals surface area contributed by atoms with Crippen LogP contribution in [0.15, 0.2) is 16.7 Å². The highest BCUT2D eigenvalue weighted by atomic mass is 32.2. The van der Waals surface area contributed by atoms with E-state index >= 15 is 0 Å². The molecular weight excluding hydrogens is 244 g/mol. The lowest BCUT2D eigenvalue weighted by Crippen LogP contribution is -2.42. The van der Waals surface area contributed by atoms with Gasteiger partial charge in [0, 0.05) is 35.7 Å². The summed E-state index contributed by atoms with van der Waals surface area (Å²) in [5.74, 6) is 2.34. The van der Waals surface area contributed by atoms with Gasteiger partial charge in [-0.05, 0) is 26.5 Å². The summed E-state index contributed by atoms with van der Waals surface area (Å²) in [7, 11) is 0. The fraction of sp³-hybridized carbons (Fsp3) is 0.714. The van der Waals surface area contributed by atoms with Gasteiger partial charge in [0.25, 0.3) is 0 Å². The Morgan fingerprint density at radius 2 is 2.33 bits per heavy atom. The topological polar surface area (TPSA) is 28.4 Å². The van der Waals surface area contributed by atoms with Gasteiger partial charge in [-0.1, -0.05) is 6.92 Å². The molecule has 0 radical (unpaired) electrons. The number of rotatable bonds is 5. The minimum Gasteiger partial charge on any atom is -0.468 e. The lowest BCUT2D eigenvalue weighted by atomic mass is 10.1. The molecule has 1 aliphatic rings. The van der Waals surface area contributed by atoms with Gasteiger partial charge in [0.15, 0.2) is 0 Å². The van der Waals surface area contributed by atoms with Gasteiger partial charge in [0.1, 0.15) is 5.76 Å². The molecule has 0 saturated carbocycles. The van der Waals surface area contributed by atoms with Gasteiger partial charge in [-0.15, -0.1) is 0 Å². The lowest BCUT2D eigenvalue weighted by Gasteiger charge is -2.37. The van der Waals surface area contributed by atoms with Gasteiger partial charge in [0.2, 0.25) is 0 Å². The zero-order valence-corrected chi connectivity index (χ0v) is 12.5. The second-order valence-electron chi connectivity index (χ2n) is 5.47. The number of nitrogens with zero attached hydrogens (tertiary/aromatic N) is 1. The molecule has 0 aromatic carbocycles. The maximum Gasteiger partial charge on any atom is 0.122 e. The maximum atomic E-state index is 5.64. The zero-order valence-electron chi connectivity index (χ0n) is 11.7. The Balaban J connectivity index is 1.94. The number of nitrogens with one attached hydrogen (secondary N) is 1. The largest absolute Gasteiger partial charge is 0.468 e. The van der Waals surface area contributed by atoms with Crippen molar-refractivity contribution in [3.05, 3.63) is 23.7 Å². The van der Waals surface area contributed by atoms with Crippen LogP contribution in [-0.2, 0) is 13.1 Å². The Bertz CT molecular complexity index is 376. The predicted molar refractivity (Wildman–Crippen MR) is 77.9 cm³/mol. The minimum absolute atomic E-state index is 0.368. The molecular formula is C14H24N2OS. The molecule has 2 rings (SSSR count). The van der Waals surface area contributed by atoms with Crippen LogP contribution >= 0.6 is 11.8 Å². The monoisotopic (exact) mass is 268 g/mol. The summed E-state index contributed by atoms with van der Waals surface area (Å²) in [6, 6.07) is 2.09. The number of hydrogen-bond acceptors (Lipinski definition) is 4. The van der Waals surface area contributed by atoms with Crippen LogP contribution in [0.1, 0.15) is 32.1 Å². The van der Waals surface area contributed by atoms with E-state index in [1.54, 1.807) is 0 Å². The third-order valence-electron chi connectivity index (χ3n) is 3.28. The Kier molecular flexibility index (Phi) is 4.76. The molecule has 0 aliphatic carbocycles. The zero-order chi connectivity index (χ0) is 13.0. The van der Waals surface area contributed by atoms with Gasteiger partial charge in [-0.25, -0.2) is 0 Å². The highest BCUT2D eigenvalue weighted by molar-refractivity contribution is 8.00. The van der Waals surface area contributed by atoms with E-state index < -0.39 is 0 Å². The first-order valence-electron chi connectivity index (χ1n) is 6.73. The van der Waals surface area contributed by atoms with Crippen molar-refractivity contribution in [2.75, 3.05) is 25.4 Å². The van der Waals surface area contributed by atoms with Crippen molar-refractivity contribution in [1.29, 1.82) is 0 Å². The summed E-state index contributed by atoms with van der Waals surface area (Å²) in [4.78, 5) is 2.50. The SMILES string of the molecule is CCNCc1ccoc1CN1CCSC(C)(C)C1. The van der Waals surface area contributed by atoms with Gasteiger partial charge in [-0.3, -0.25) is 4.90 Å². The Morgan fingerprint density at radius 3 is 3.06 bits per heavy atom. The fourth-order valence-corrected chi connectivity index (χ4v) is 3.55. The van der Waals surface area contributed by atoms with Crippen LogP contribution in [0.25, 0.3) is 0 Å². The second kappa shape index (κ2) is 6.13. The number of hydrogen-bond donors (Lipinski definition) is 1. The molecule has 0 unspecified atom stereocenters. The molecule has 18 heavy (non-hydrogen) atoms. The van der Waals surface area contributed by atoms with Crippen LogP contribution in [0, 0.1) is 0 Å². The van der Waals surface area contributed by atoms with E-state index in [1.807, 2.05) is 6.26 Å². The second-order valence-corrected chi connectivity index (χ2v) is 7.27. The predicted octanol–water partition coefficient (Wildman–Crippen LogP) is 2.72. The van der Waals surface area contributed by atoms with Crippen LogP contribution in [0.5, 0.6) is 0 Å². The summed E-state index contributed by atoms with van der Waals surface area (Å²) in [5, 5.41) is 3.36. The molecule has 2 heterocycles. The molecule has 1 aliphatic heterocycles. The van der Waals surface area contributed by atoms with Crippen LogP contribution in [-0.4, -0.2) is 35.0 Å². The molecule has 1 aromatic rings. The molecule has 1 fully saturated rings. The molecule has 0 amide bonds. The van der Waals surface area contributed by atoms with Crippen molar-refractivity contribution in [3.8, 4) is 0 Å². The third-order valence-corrected chi connectivity index (χ3v) is 4.57. The Hall–Kier alpha value is -0.450. The van der Waals surface area contributed by atoms with Crippen molar-refractivity contribution in [2.45, 2.75) is 38.6 Å². The van der Waals surface area contributed by atoms with E-state index in [4.69, 9.17) is 4.42 Å². The molecule has 4 heteroatoms. The average Bonchev–Trinajstić information content (AvgIpc) is 2.72. The Morgan fingerprint density at radius 1 is 1.50 bits per heavy atom. The van der Waals surface area contributed by atoms with Gasteiger partial charge < -0.3 is 9.73 Å². The molecule has 102 valence electrons. The number of furan rings is 1. The highest BCUT2D eigenvalue weighted by Gasteiger charge is 2.27. The average molecular weight is 268 g/mol. The fourth-order valence-electron chi connectivity index (χ4n) is 2.38. The van der Waals surface area contributed by atoms with E-state index in [2.05, 4.69) is 48.8 Å². The van der Waals surface area contributed by atoms with Crippen LogP contribution in [0.4, 0.5) is 0 Å². The molecule has 3 nitrogen and oxygen atoms in total. The molecule has 1 aromatic heterocycles. The minimum atomic E-state index is 0.368. The highest BCUT2D eigenvalue weighted by Crippen LogP contribution is 2.30. The normalized spacial score (nSPS) is 20.2. The summed E-state index contributed by atoms with van der Waals surface area (Å²) in [6.07, 6.45) is 1.81. The van der Waals surface area contributed by atoms with Crippen LogP contribution in [0.2, 0.25) is 0 Å². The molecule has 1 N–H and O–H groups in total. The lowest BCUT2D eigenvalue weighted by molar-refractivity contribution is 0.231. The van der Waals surface area contributed by atoms with Crippen LogP contribution < -0.4 is 5.32 Å². The molecule has 1 saturated heterocycles. The smallest absolute Gasteiger partial charge is 0.122 e. The molecule has 0 bridgehead atoms. The van der Waals surface area contributed by atoms with Gasteiger partial charge in [-0.2, -0.15) is 11.8 Å². The maximum absolute atomic E-state index is 5.64. The number of thioether (sulfide) groups is 1. The van der Waals surface area contributed by atoms with Gasteiger partial charge >= 0.3 is 0 Å². The van der Waals surface area contributed by atoms with E-state index in [0.29, 0.717) is 4.75 Å². The van der Waals surface area contributed by atoms with Crippen molar-refractivity contribution >= 4 is 11.8 Å². The van der Waals surface area contributed by atoms with Crippen molar-refractivity contribution in [1.82, 2.24) is 10.2 Å². The molecule has 0 spiro atoms. The quantitative estimate of drug-likeness (QED) is 0.889. The summed E-state index contributed by atoms with van der Waals surface area (Å²) >= 11 is 2.07. The van der Waals surface area contributed by atoms with Crippen molar-refractivity contribution in [3.63, 3.8) is 0 Å². The van der Waals surface area contributed by atoms with E-state index in [0.717, 1.165) is 38.5 Å². The molecule has 0 atom stereocenters. The van der Waals surface area contributed by atoms with Crippen LogP contribution in [0.3, 0.4) is 0 Å². The van der Waals surface area contributed by atoms with Gasteiger partial charge in [0.05, 0.1) is 12.8 Å². The van der Waals surface area contributed by atoms with E-state index in [1.165, 1.54) is 11.3 Å². The van der Waals surface area contributed by atoms with E-state index in [-0.39, 0.29) is 0 Å². The first kappa shape index (κ1) is 14.0. The van der Waals surface area contributed by atoms with Crippen molar-refractivity contribution < 1.29 is 4.42 Å². The first-order chi connectivity index (χ1) is 8.61. The Labute approximate surface area is 114 Å². The summed E-state index contributed by atoms with van der Waals surface area (Å²) in [6.45, 7) is 11.9. The summed E-state index contributed by atoms with van der Waals surface area (Å²) in [5.41, 5.74) is 1.30.